The molecule has 2 nitrogen and oxygen atoms in total. The minimum atomic E-state index is 0. The number of rotatable bonds is 1. The fourth-order valence-electron chi connectivity index (χ4n) is 1.15. The summed E-state index contributed by atoms with van der Waals surface area (Å²) in [6.45, 7) is 6.10. The predicted molar refractivity (Wildman–Crippen MR) is 58.2 cm³/mol. The summed E-state index contributed by atoms with van der Waals surface area (Å²) in [5.41, 5.74) is 2.06. The van der Waals surface area contributed by atoms with Gasteiger partial charge < -0.3 is 10.6 Å². The van der Waals surface area contributed by atoms with E-state index in [0.717, 1.165) is 15.6 Å². The van der Waals surface area contributed by atoms with Gasteiger partial charge in [-0.25, -0.2) is 0 Å². The Hall–Kier alpha value is -0.540. The fourth-order valence-corrected chi connectivity index (χ4v) is 1.51. The Kier molecular flexibility index (Phi) is 4.44. The molecule has 0 unspecified atom stereocenters. The molecule has 3 heteroatoms. The normalized spacial score (nSPS) is 9.92. The average Bonchev–Trinajstić information content (AvgIpc) is 2.00. The third-order valence-electron chi connectivity index (χ3n) is 1.96. The summed E-state index contributed by atoms with van der Waals surface area (Å²) in [6.07, 6.45) is 0. The molecule has 74 valence electrons. The van der Waals surface area contributed by atoms with Crippen molar-refractivity contribution in [2.75, 3.05) is 0 Å². The van der Waals surface area contributed by atoms with Gasteiger partial charge in [-0.15, -0.1) is 0 Å². The van der Waals surface area contributed by atoms with Gasteiger partial charge in [0.1, 0.15) is 5.75 Å². The SMILES string of the molecule is Cc1ccc(C(C)C)c(O)c1Br.O. The Bertz CT molecular complexity index is 295. The maximum atomic E-state index is 9.70. The summed E-state index contributed by atoms with van der Waals surface area (Å²) in [7, 11) is 0. The Morgan fingerprint density at radius 1 is 1.31 bits per heavy atom. The van der Waals surface area contributed by atoms with Crippen LogP contribution in [0.5, 0.6) is 5.75 Å². The molecule has 0 amide bonds. The maximum Gasteiger partial charge on any atom is 0.133 e. The second-order valence-corrected chi connectivity index (χ2v) is 4.08. The third-order valence-corrected chi connectivity index (χ3v) is 2.96. The molecule has 0 heterocycles. The predicted octanol–water partition coefficient (Wildman–Crippen LogP) is 2.76. The number of aromatic hydroxyl groups is 1. The third kappa shape index (κ3) is 2.45. The van der Waals surface area contributed by atoms with Gasteiger partial charge in [0.2, 0.25) is 0 Å². The number of hydrogen-bond acceptors (Lipinski definition) is 1. The zero-order chi connectivity index (χ0) is 9.30. The average molecular weight is 247 g/mol. The van der Waals surface area contributed by atoms with Crippen molar-refractivity contribution in [2.24, 2.45) is 0 Å². The highest BCUT2D eigenvalue weighted by molar-refractivity contribution is 9.10. The molecule has 1 aromatic rings. The van der Waals surface area contributed by atoms with Crippen LogP contribution in [0.25, 0.3) is 0 Å². The van der Waals surface area contributed by atoms with Gasteiger partial charge in [-0.05, 0) is 39.9 Å². The number of hydrogen-bond donors (Lipinski definition) is 1. The van der Waals surface area contributed by atoms with E-state index in [4.69, 9.17) is 0 Å². The fraction of sp³-hybridized carbons (Fsp3) is 0.400. The topological polar surface area (TPSA) is 51.7 Å². The van der Waals surface area contributed by atoms with Crippen LogP contribution in [0.3, 0.4) is 0 Å². The standard InChI is InChI=1S/C10H13BrO.H2O/c1-6(2)8-5-4-7(3)9(11)10(8)12;/h4-6,12H,1-3H3;1H2. The zero-order valence-corrected chi connectivity index (χ0v) is 9.64. The van der Waals surface area contributed by atoms with Gasteiger partial charge in [-0.2, -0.15) is 0 Å². The van der Waals surface area contributed by atoms with Gasteiger partial charge >= 0.3 is 0 Å². The van der Waals surface area contributed by atoms with Crippen LogP contribution in [-0.2, 0) is 0 Å². The summed E-state index contributed by atoms with van der Waals surface area (Å²) >= 11 is 3.35. The van der Waals surface area contributed by atoms with E-state index in [-0.39, 0.29) is 5.48 Å². The molecule has 0 aliphatic carbocycles. The smallest absolute Gasteiger partial charge is 0.133 e. The van der Waals surface area contributed by atoms with E-state index in [1.54, 1.807) is 0 Å². The van der Waals surface area contributed by atoms with Crippen molar-refractivity contribution in [3.63, 3.8) is 0 Å². The molecule has 1 aromatic carbocycles. The number of aryl methyl sites for hydroxylation is 1. The molecule has 0 spiro atoms. The van der Waals surface area contributed by atoms with Crippen molar-refractivity contribution in [1.29, 1.82) is 0 Å². The molecule has 0 atom stereocenters. The van der Waals surface area contributed by atoms with Crippen LogP contribution in [0.4, 0.5) is 0 Å². The summed E-state index contributed by atoms with van der Waals surface area (Å²) in [5.74, 6) is 0.742. The molecule has 13 heavy (non-hydrogen) atoms. The van der Waals surface area contributed by atoms with Crippen LogP contribution < -0.4 is 0 Å². The van der Waals surface area contributed by atoms with Crippen molar-refractivity contribution in [1.82, 2.24) is 0 Å². The van der Waals surface area contributed by atoms with E-state index < -0.39 is 0 Å². The molecule has 0 aliphatic heterocycles. The number of benzene rings is 1. The lowest BCUT2D eigenvalue weighted by Crippen LogP contribution is -1.89. The molecule has 0 bridgehead atoms. The number of phenols is 1. The molecule has 0 radical (unpaired) electrons. The molecule has 0 saturated carbocycles. The molecule has 1 rings (SSSR count). The monoisotopic (exact) mass is 246 g/mol. The first-order valence-electron chi connectivity index (χ1n) is 4.02. The molecule has 0 aliphatic rings. The van der Waals surface area contributed by atoms with Gasteiger partial charge in [0.15, 0.2) is 0 Å². The van der Waals surface area contributed by atoms with Crippen LogP contribution in [0.1, 0.15) is 30.9 Å². The van der Waals surface area contributed by atoms with Crippen molar-refractivity contribution in [2.45, 2.75) is 26.7 Å². The van der Waals surface area contributed by atoms with Crippen molar-refractivity contribution in [3.05, 3.63) is 27.7 Å². The molecular formula is C10H15BrO2. The van der Waals surface area contributed by atoms with Crippen LogP contribution in [0.15, 0.2) is 16.6 Å². The van der Waals surface area contributed by atoms with E-state index in [0.29, 0.717) is 11.7 Å². The maximum absolute atomic E-state index is 9.70. The van der Waals surface area contributed by atoms with E-state index in [1.807, 2.05) is 19.1 Å². The number of phenolic OH excluding ortho intramolecular Hbond substituents is 1. The van der Waals surface area contributed by atoms with Crippen LogP contribution in [0.2, 0.25) is 0 Å². The lowest BCUT2D eigenvalue weighted by Gasteiger charge is -2.10. The summed E-state index contributed by atoms with van der Waals surface area (Å²) in [4.78, 5) is 0. The highest BCUT2D eigenvalue weighted by Gasteiger charge is 2.09. The summed E-state index contributed by atoms with van der Waals surface area (Å²) in [6, 6.07) is 3.99. The van der Waals surface area contributed by atoms with Crippen molar-refractivity contribution >= 4 is 15.9 Å². The molecular weight excluding hydrogens is 232 g/mol. The van der Waals surface area contributed by atoms with Gasteiger partial charge in [0, 0.05) is 0 Å². The molecule has 0 aromatic heterocycles. The van der Waals surface area contributed by atoms with Crippen LogP contribution >= 0.6 is 15.9 Å². The van der Waals surface area contributed by atoms with Crippen molar-refractivity contribution in [3.8, 4) is 5.75 Å². The van der Waals surface area contributed by atoms with Gasteiger partial charge in [-0.1, -0.05) is 26.0 Å². The largest absolute Gasteiger partial charge is 0.506 e. The minimum Gasteiger partial charge on any atom is -0.506 e. The lowest BCUT2D eigenvalue weighted by atomic mass is 10.0. The first-order chi connectivity index (χ1) is 5.54. The molecule has 3 N–H and O–H groups in total. The zero-order valence-electron chi connectivity index (χ0n) is 8.06. The molecule has 0 saturated heterocycles. The van der Waals surface area contributed by atoms with E-state index in [9.17, 15) is 5.11 Å². The minimum absolute atomic E-state index is 0. The van der Waals surface area contributed by atoms with E-state index in [1.165, 1.54) is 0 Å². The van der Waals surface area contributed by atoms with Gasteiger partial charge in [-0.3, -0.25) is 0 Å². The Labute approximate surface area is 87.0 Å². The lowest BCUT2D eigenvalue weighted by molar-refractivity contribution is 0.461. The van der Waals surface area contributed by atoms with Gasteiger partial charge in [0.25, 0.3) is 0 Å². The summed E-state index contributed by atoms with van der Waals surface area (Å²) < 4.78 is 0.814. The molecule has 0 fully saturated rings. The van der Waals surface area contributed by atoms with E-state index in [2.05, 4.69) is 29.8 Å². The first kappa shape index (κ1) is 12.5. The highest BCUT2D eigenvalue weighted by atomic mass is 79.9. The summed E-state index contributed by atoms with van der Waals surface area (Å²) in [5, 5.41) is 9.70. The van der Waals surface area contributed by atoms with Crippen LogP contribution in [-0.4, -0.2) is 10.6 Å². The second-order valence-electron chi connectivity index (χ2n) is 3.29. The Balaban J connectivity index is 0.00000144. The Morgan fingerprint density at radius 3 is 2.31 bits per heavy atom. The Morgan fingerprint density at radius 2 is 1.85 bits per heavy atom. The number of halogens is 1. The highest BCUT2D eigenvalue weighted by Crippen LogP contribution is 2.34. The second kappa shape index (κ2) is 4.63. The van der Waals surface area contributed by atoms with Gasteiger partial charge in [0.05, 0.1) is 4.47 Å². The quantitative estimate of drug-likeness (QED) is 0.814. The van der Waals surface area contributed by atoms with Crippen LogP contribution in [0, 0.1) is 6.92 Å². The first-order valence-corrected chi connectivity index (χ1v) is 4.81. The van der Waals surface area contributed by atoms with E-state index >= 15 is 0 Å². The van der Waals surface area contributed by atoms with Crippen molar-refractivity contribution < 1.29 is 10.6 Å².